The average Bonchev–Trinajstić information content (AvgIpc) is 3.11. The van der Waals surface area contributed by atoms with Crippen molar-refractivity contribution in [2.45, 2.75) is 19.3 Å². The third kappa shape index (κ3) is 4.03. The number of hydrogen-bond donors (Lipinski definition) is 1. The van der Waals surface area contributed by atoms with Gasteiger partial charge in [0, 0.05) is 11.5 Å². The summed E-state index contributed by atoms with van der Waals surface area (Å²) in [6.07, 6.45) is 0.919. The fraction of sp³-hybridized carbons (Fsp3) is 0.211. The van der Waals surface area contributed by atoms with Gasteiger partial charge in [-0.05, 0) is 30.2 Å². The smallest absolute Gasteiger partial charge is 0.257 e. The molecule has 0 saturated heterocycles. The molecule has 0 aliphatic heterocycles. The molecule has 25 heavy (non-hydrogen) atoms. The number of ether oxygens (including phenoxy) is 1. The Balaban J connectivity index is 1.75. The zero-order valence-electron chi connectivity index (χ0n) is 14.1. The van der Waals surface area contributed by atoms with Crippen LogP contribution in [0.2, 0.25) is 0 Å². The van der Waals surface area contributed by atoms with E-state index in [1.807, 2.05) is 18.2 Å². The van der Waals surface area contributed by atoms with E-state index in [-0.39, 0.29) is 11.8 Å². The van der Waals surface area contributed by atoms with Gasteiger partial charge in [-0.2, -0.15) is 0 Å². The molecule has 0 aliphatic rings. The van der Waals surface area contributed by atoms with Crippen molar-refractivity contribution < 1.29 is 9.53 Å². The van der Waals surface area contributed by atoms with Crippen molar-refractivity contribution in [3.05, 3.63) is 70.7 Å². The molecule has 0 spiro atoms. The highest BCUT2D eigenvalue weighted by molar-refractivity contribution is 7.15. The highest BCUT2D eigenvalue weighted by Crippen LogP contribution is 2.31. The normalized spacial score (nSPS) is 11.8. The quantitative estimate of drug-likeness (QED) is 0.716. The highest BCUT2D eigenvalue weighted by atomic mass is 32.1. The van der Waals surface area contributed by atoms with Gasteiger partial charge < -0.3 is 4.74 Å². The van der Waals surface area contributed by atoms with Crippen LogP contribution in [-0.4, -0.2) is 23.2 Å². The Bertz CT molecular complexity index is 849. The molecule has 0 saturated carbocycles. The zero-order chi connectivity index (χ0) is 17.6. The summed E-state index contributed by atoms with van der Waals surface area (Å²) in [6.45, 7) is 2.12. The molecule has 5 nitrogen and oxygen atoms in total. The standard InChI is InChI=1S/C19H19N3O2S/c1-3-16(13-8-5-4-6-9-13)18-21-22-19(25-18)20-17(23)14-10-7-11-15(12-14)24-2/h4-12,16H,3H2,1-2H3,(H,20,22,23). The van der Waals surface area contributed by atoms with E-state index in [1.165, 1.54) is 16.9 Å². The number of nitrogens with one attached hydrogen (secondary N) is 1. The van der Waals surface area contributed by atoms with Gasteiger partial charge in [-0.1, -0.05) is 54.7 Å². The number of amides is 1. The predicted octanol–water partition coefficient (Wildman–Crippen LogP) is 4.34. The first-order valence-electron chi connectivity index (χ1n) is 8.05. The van der Waals surface area contributed by atoms with Crippen LogP contribution in [-0.2, 0) is 0 Å². The maximum Gasteiger partial charge on any atom is 0.257 e. The third-order valence-electron chi connectivity index (χ3n) is 3.90. The van der Waals surface area contributed by atoms with Crippen LogP contribution in [0, 0.1) is 0 Å². The predicted molar refractivity (Wildman–Crippen MR) is 99.4 cm³/mol. The summed E-state index contributed by atoms with van der Waals surface area (Å²) < 4.78 is 5.15. The van der Waals surface area contributed by atoms with E-state index in [0.29, 0.717) is 16.4 Å². The molecule has 1 atom stereocenters. The lowest BCUT2D eigenvalue weighted by atomic mass is 9.97. The first-order chi connectivity index (χ1) is 12.2. The largest absolute Gasteiger partial charge is 0.497 e. The van der Waals surface area contributed by atoms with E-state index in [2.05, 4.69) is 34.6 Å². The third-order valence-corrected chi connectivity index (χ3v) is 4.85. The molecule has 1 N–H and O–H groups in total. The number of methoxy groups -OCH3 is 1. The number of aromatic nitrogens is 2. The van der Waals surface area contributed by atoms with E-state index in [9.17, 15) is 4.79 Å². The van der Waals surface area contributed by atoms with E-state index in [1.54, 1.807) is 31.4 Å². The minimum Gasteiger partial charge on any atom is -0.497 e. The first kappa shape index (κ1) is 17.1. The first-order valence-corrected chi connectivity index (χ1v) is 8.86. The molecule has 0 radical (unpaired) electrons. The molecule has 1 unspecified atom stereocenters. The molecule has 2 aromatic carbocycles. The summed E-state index contributed by atoms with van der Waals surface area (Å²) in [5, 5.41) is 12.6. The number of rotatable bonds is 6. The van der Waals surface area contributed by atoms with Crippen LogP contribution in [0.25, 0.3) is 0 Å². The summed E-state index contributed by atoms with van der Waals surface area (Å²) in [6, 6.07) is 17.2. The van der Waals surface area contributed by atoms with E-state index in [4.69, 9.17) is 4.74 Å². The Kier molecular flexibility index (Phi) is 5.40. The minimum absolute atomic E-state index is 0.182. The van der Waals surface area contributed by atoms with Crippen LogP contribution < -0.4 is 10.1 Å². The van der Waals surface area contributed by atoms with Gasteiger partial charge in [0.15, 0.2) is 0 Å². The number of carbonyl (C=O) groups is 1. The fourth-order valence-electron chi connectivity index (χ4n) is 2.60. The van der Waals surface area contributed by atoms with Crippen molar-refractivity contribution in [2.75, 3.05) is 12.4 Å². The lowest BCUT2D eigenvalue weighted by Gasteiger charge is -2.11. The van der Waals surface area contributed by atoms with Crippen molar-refractivity contribution in [1.82, 2.24) is 10.2 Å². The van der Waals surface area contributed by atoms with E-state index < -0.39 is 0 Å². The molecule has 0 aliphatic carbocycles. The van der Waals surface area contributed by atoms with Crippen LogP contribution in [0.1, 0.15) is 40.2 Å². The second-order valence-corrected chi connectivity index (χ2v) is 6.51. The van der Waals surface area contributed by atoms with Crippen LogP contribution >= 0.6 is 11.3 Å². The fourth-order valence-corrected chi connectivity index (χ4v) is 3.55. The summed E-state index contributed by atoms with van der Waals surface area (Å²) >= 11 is 1.41. The monoisotopic (exact) mass is 353 g/mol. The van der Waals surface area contributed by atoms with E-state index >= 15 is 0 Å². The zero-order valence-corrected chi connectivity index (χ0v) is 14.9. The summed E-state index contributed by atoms with van der Waals surface area (Å²) in [5.41, 5.74) is 1.72. The Hall–Kier alpha value is -2.73. The summed E-state index contributed by atoms with van der Waals surface area (Å²) in [4.78, 5) is 12.4. The van der Waals surface area contributed by atoms with Crippen molar-refractivity contribution in [3.63, 3.8) is 0 Å². The average molecular weight is 353 g/mol. The van der Waals surface area contributed by atoms with Gasteiger partial charge >= 0.3 is 0 Å². The molecule has 1 aromatic heterocycles. The molecule has 128 valence electrons. The van der Waals surface area contributed by atoms with Gasteiger partial charge in [0.1, 0.15) is 10.8 Å². The number of hydrogen-bond acceptors (Lipinski definition) is 5. The van der Waals surface area contributed by atoms with Crippen molar-refractivity contribution in [2.24, 2.45) is 0 Å². The van der Waals surface area contributed by atoms with E-state index in [0.717, 1.165) is 11.4 Å². The molecular formula is C19H19N3O2S. The Morgan fingerprint density at radius 1 is 1.16 bits per heavy atom. The number of carbonyl (C=O) groups excluding carboxylic acids is 1. The molecule has 0 bridgehead atoms. The highest BCUT2D eigenvalue weighted by Gasteiger charge is 2.18. The van der Waals surface area contributed by atoms with Crippen molar-refractivity contribution >= 4 is 22.4 Å². The Labute approximate surface area is 150 Å². The number of anilines is 1. The van der Waals surface area contributed by atoms with Crippen LogP contribution in [0.4, 0.5) is 5.13 Å². The Morgan fingerprint density at radius 3 is 2.68 bits per heavy atom. The lowest BCUT2D eigenvalue weighted by Crippen LogP contribution is -2.11. The second-order valence-electron chi connectivity index (χ2n) is 5.50. The van der Waals surface area contributed by atoms with Crippen LogP contribution in [0.15, 0.2) is 54.6 Å². The summed E-state index contributed by atoms with van der Waals surface area (Å²) in [5.74, 6) is 0.594. The van der Waals surface area contributed by atoms with Gasteiger partial charge in [-0.15, -0.1) is 10.2 Å². The van der Waals surface area contributed by atoms with Crippen LogP contribution in [0.5, 0.6) is 5.75 Å². The van der Waals surface area contributed by atoms with Crippen molar-refractivity contribution in [3.8, 4) is 5.75 Å². The maximum atomic E-state index is 12.4. The van der Waals surface area contributed by atoms with Gasteiger partial charge in [0.2, 0.25) is 5.13 Å². The summed E-state index contributed by atoms with van der Waals surface area (Å²) in [7, 11) is 1.57. The van der Waals surface area contributed by atoms with Gasteiger partial charge in [0.25, 0.3) is 5.91 Å². The lowest BCUT2D eigenvalue weighted by molar-refractivity contribution is 0.102. The van der Waals surface area contributed by atoms with Gasteiger partial charge in [-0.25, -0.2) is 0 Å². The maximum absolute atomic E-state index is 12.4. The van der Waals surface area contributed by atoms with Gasteiger partial charge in [-0.3, -0.25) is 10.1 Å². The Morgan fingerprint density at radius 2 is 1.96 bits per heavy atom. The van der Waals surface area contributed by atoms with Gasteiger partial charge in [0.05, 0.1) is 7.11 Å². The molecule has 6 heteroatoms. The second kappa shape index (κ2) is 7.90. The number of nitrogens with zero attached hydrogens (tertiary/aromatic N) is 2. The molecule has 1 amide bonds. The molecule has 0 fully saturated rings. The van der Waals surface area contributed by atoms with Crippen molar-refractivity contribution in [1.29, 1.82) is 0 Å². The molecule has 1 heterocycles. The SMILES string of the molecule is CCC(c1ccccc1)c1nnc(NC(=O)c2cccc(OC)c2)s1. The molecular weight excluding hydrogens is 334 g/mol. The molecule has 3 rings (SSSR count). The minimum atomic E-state index is -0.227. The number of benzene rings is 2. The van der Waals surface area contributed by atoms with Crippen LogP contribution in [0.3, 0.4) is 0 Å². The molecule has 3 aromatic rings. The topological polar surface area (TPSA) is 64.1 Å².